The number of benzene rings is 1. The molecule has 0 spiro atoms. The van der Waals surface area contributed by atoms with Crippen molar-refractivity contribution in [2.45, 2.75) is 50.6 Å². The van der Waals surface area contributed by atoms with Gasteiger partial charge in [0.05, 0.1) is 4.90 Å². The summed E-state index contributed by atoms with van der Waals surface area (Å²) < 4.78 is 27.2. The molecule has 0 unspecified atom stereocenters. The summed E-state index contributed by atoms with van der Waals surface area (Å²) in [6, 6.07) is 6.73. The van der Waals surface area contributed by atoms with Crippen LogP contribution in [0.25, 0.3) is 0 Å². The van der Waals surface area contributed by atoms with Crippen molar-refractivity contribution in [2.24, 2.45) is 5.73 Å². The monoisotopic (exact) mass is 270 g/mol. The van der Waals surface area contributed by atoms with Crippen LogP contribution in [-0.4, -0.2) is 14.0 Å². The van der Waals surface area contributed by atoms with Gasteiger partial charge in [-0.05, 0) is 38.0 Å². The molecule has 0 saturated heterocycles. The highest BCUT2D eigenvalue weighted by molar-refractivity contribution is 7.89. The van der Waals surface area contributed by atoms with E-state index in [1.54, 1.807) is 18.2 Å². The van der Waals surface area contributed by atoms with Gasteiger partial charge in [0.1, 0.15) is 0 Å². The Labute approximate surface area is 110 Å². The minimum absolute atomic E-state index is 0.273. The third-order valence-electron chi connectivity index (χ3n) is 2.73. The molecule has 18 heavy (non-hydrogen) atoms. The van der Waals surface area contributed by atoms with Crippen LogP contribution in [0.5, 0.6) is 0 Å². The van der Waals surface area contributed by atoms with Gasteiger partial charge < -0.3 is 5.73 Å². The Kier molecular flexibility index (Phi) is 4.90. The number of hydrogen-bond donors (Lipinski definition) is 2. The highest BCUT2D eigenvalue weighted by Crippen LogP contribution is 2.17. The molecule has 0 heterocycles. The molecular formula is C13H22N2O2S. The van der Waals surface area contributed by atoms with Gasteiger partial charge >= 0.3 is 0 Å². The molecule has 4 nitrogen and oxygen atoms in total. The minimum atomic E-state index is -3.48. The number of rotatable bonds is 6. The molecule has 5 heteroatoms. The van der Waals surface area contributed by atoms with E-state index in [4.69, 9.17) is 5.73 Å². The molecule has 0 aliphatic heterocycles. The van der Waals surface area contributed by atoms with Crippen molar-refractivity contribution in [3.8, 4) is 0 Å². The first-order valence-electron chi connectivity index (χ1n) is 6.14. The first-order chi connectivity index (χ1) is 8.30. The van der Waals surface area contributed by atoms with Crippen LogP contribution in [0.3, 0.4) is 0 Å². The second-order valence-electron chi connectivity index (χ2n) is 5.09. The van der Waals surface area contributed by atoms with Crippen molar-refractivity contribution in [1.29, 1.82) is 0 Å². The van der Waals surface area contributed by atoms with E-state index in [1.807, 2.05) is 26.8 Å². The average Bonchev–Trinajstić information content (AvgIpc) is 2.27. The molecule has 102 valence electrons. The zero-order valence-electron chi connectivity index (χ0n) is 11.2. The number of nitrogens with one attached hydrogen (secondary N) is 1. The van der Waals surface area contributed by atoms with Crippen LogP contribution in [0.4, 0.5) is 0 Å². The Balaban J connectivity index is 2.99. The van der Waals surface area contributed by atoms with Crippen molar-refractivity contribution in [3.63, 3.8) is 0 Å². The SMILES string of the molecule is CCCC(C)(C)NS(=O)(=O)c1cccc(CN)c1. The highest BCUT2D eigenvalue weighted by Gasteiger charge is 2.25. The van der Waals surface area contributed by atoms with E-state index in [-0.39, 0.29) is 4.90 Å². The maximum atomic E-state index is 12.2. The lowest BCUT2D eigenvalue weighted by atomic mass is 10.0. The fourth-order valence-electron chi connectivity index (χ4n) is 1.94. The van der Waals surface area contributed by atoms with E-state index >= 15 is 0 Å². The summed E-state index contributed by atoms with van der Waals surface area (Å²) in [7, 11) is -3.48. The molecule has 0 amide bonds. The molecule has 0 atom stereocenters. The summed E-state index contributed by atoms with van der Waals surface area (Å²) >= 11 is 0. The van der Waals surface area contributed by atoms with Gasteiger partial charge in [0, 0.05) is 12.1 Å². The Morgan fingerprint density at radius 2 is 2.00 bits per heavy atom. The summed E-state index contributed by atoms with van der Waals surface area (Å²) in [5.74, 6) is 0. The molecule has 0 aromatic heterocycles. The highest BCUT2D eigenvalue weighted by atomic mass is 32.2. The van der Waals surface area contributed by atoms with Gasteiger partial charge in [0.15, 0.2) is 0 Å². The van der Waals surface area contributed by atoms with Crippen molar-refractivity contribution < 1.29 is 8.42 Å². The number of hydrogen-bond acceptors (Lipinski definition) is 3. The number of nitrogens with two attached hydrogens (primary N) is 1. The molecule has 0 saturated carbocycles. The van der Waals surface area contributed by atoms with Crippen LogP contribution in [0.2, 0.25) is 0 Å². The predicted molar refractivity (Wildman–Crippen MR) is 73.6 cm³/mol. The fraction of sp³-hybridized carbons (Fsp3) is 0.538. The van der Waals surface area contributed by atoms with Crippen LogP contribution in [0.1, 0.15) is 39.2 Å². The van der Waals surface area contributed by atoms with Crippen LogP contribution in [0, 0.1) is 0 Å². The normalized spacial score (nSPS) is 12.7. The van der Waals surface area contributed by atoms with Gasteiger partial charge in [0.25, 0.3) is 0 Å². The predicted octanol–water partition coefficient (Wildman–Crippen LogP) is 2.00. The van der Waals surface area contributed by atoms with Crippen LogP contribution in [0.15, 0.2) is 29.2 Å². The molecule has 0 radical (unpaired) electrons. The van der Waals surface area contributed by atoms with Gasteiger partial charge in [-0.25, -0.2) is 13.1 Å². The van der Waals surface area contributed by atoms with Crippen LogP contribution >= 0.6 is 0 Å². The summed E-state index contributed by atoms with van der Waals surface area (Å²) in [4.78, 5) is 0.273. The molecule has 3 N–H and O–H groups in total. The molecule has 0 fully saturated rings. The zero-order valence-corrected chi connectivity index (χ0v) is 12.0. The molecule has 1 aromatic rings. The topological polar surface area (TPSA) is 72.2 Å². The van der Waals surface area contributed by atoms with Crippen LogP contribution < -0.4 is 10.5 Å². The van der Waals surface area contributed by atoms with E-state index in [1.165, 1.54) is 0 Å². The maximum Gasteiger partial charge on any atom is 0.241 e. The van der Waals surface area contributed by atoms with E-state index < -0.39 is 15.6 Å². The van der Waals surface area contributed by atoms with E-state index in [2.05, 4.69) is 4.72 Å². The largest absolute Gasteiger partial charge is 0.326 e. The summed E-state index contributed by atoms with van der Waals surface area (Å²) in [5, 5.41) is 0. The van der Waals surface area contributed by atoms with Crippen molar-refractivity contribution in [1.82, 2.24) is 4.72 Å². The summed E-state index contributed by atoms with van der Waals surface area (Å²) in [6.45, 7) is 6.15. The lowest BCUT2D eigenvalue weighted by Gasteiger charge is -2.25. The molecule has 0 aliphatic carbocycles. The smallest absolute Gasteiger partial charge is 0.241 e. The van der Waals surface area contributed by atoms with E-state index in [0.29, 0.717) is 6.54 Å². The zero-order chi connectivity index (χ0) is 13.8. The van der Waals surface area contributed by atoms with E-state index in [9.17, 15) is 8.42 Å². The third-order valence-corrected chi connectivity index (χ3v) is 4.43. The first kappa shape index (κ1) is 15.1. The number of sulfonamides is 1. The van der Waals surface area contributed by atoms with Crippen molar-refractivity contribution in [2.75, 3.05) is 0 Å². The van der Waals surface area contributed by atoms with Crippen LogP contribution in [-0.2, 0) is 16.6 Å². The standard InChI is InChI=1S/C13H22N2O2S/c1-4-8-13(2,3)15-18(16,17)12-7-5-6-11(9-12)10-14/h5-7,9,15H,4,8,10,14H2,1-3H3. The summed E-state index contributed by atoms with van der Waals surface area (Å²) in [5.41, 5.74) is 5.89. The fourth-order valence-corrected chi connectivity index (χ4v) is 3.45. The minimum Gasteiger partial charge on any atom is -0.326 e. The first-order valence-corrected chi connectivity index (χ1v) is 7.62. The molecule has 0 bridgehead atoms. The Morgan fingerprint density at radius 3 is 2.56 bits per heavy atom. The Morgan fingerprint density at radius 1 is 1.33 bits per heavy atom. The molecule has 1 rings (SSSR count). The average molecular weight is 270 g/mol. The lowest BCUT2D eigenvalue weighted by molar-refractivity contribution is 0.417. The second-order valence-corrected chi connectivity index (χ2v) is 6.77. The van der Waals surface area contributed by atoms with Gasteiger partial charge in [-0.15, -0.1) is 0 Å². The Hall–Kier alpha value is -0.910. The van der Waals surface area contributed by atoms with E-state index in [0.717, 1.165) is 18.4 Å². The van der Waals surface area contributed by atoms with Crippen molar-refractivity contribution >= 4 is 10.0 Å². The maximum absolute atomic E-state index is 12.2. The van der Waals surface area contributed by atoms with Gasteiger partial charge in [-0.2, -0.15) is 0 Å². The third kappa shape index (κ3) is 4.08. The van der Waals surface area contributed by atoms with Gasteiger partial charge in [0.2, 0.25) is 10.0 Å². The Bertz CT molecular complexity index is 495. The van der Waals surface area contributed by atoms with Crippen molar-refractivity contribution in [3.05, 3.63) is 29.8 Å². The molecule has 0 aliphatic rings. The quantitative estimate of drug-likeness (QED) is 0.830. The molecular weight excluding hydrogens is 248 g/mol. The second kappa shape index (κ2) is 5.82. The van der Waals surface area contributed by atoms with Gasteiger partial charge in [-0.3, -0.25) is 0 Å². The summed E-state index contributed by atoms with van der Waals surface area (Å²) in [6.07, 6.45) is 1.72. The van der Waals surface area contributed by atoms with Gasteiger partial charge in [-0.1, -0.05) is 25.5 Å². The molecule has 1 aromatic carbocycles. The lowest BCUT2D eigenvalue weighted by Crippen LogP contribution is -2.43.